The third kappa shape index (κ3) is 6.25. The van der Waals surface area contributed by atoms with Crippen molar-refractivity contribution < 1.29 is 39.6 Å². The Morgan fingerprint density at radius 1 is 0.905 bits per heavy atom. The Morgan fingerprint density at radius 2 is 1.38 bits per heavy atom. The molecule has 1 aromatic rings. The van der Waals surface area contributed by atoms with Crippen molar-refractivity contribution in [2.45, 2.75) is 72.6 Å². The maximum atomic E-state index is 2.40. The minimum atomic E-state index is 0. The van der Waals surface area contributed by atoms with Gasteiger partial charge in [-0.05, 0) is 11.0 Å². The predicted molar refractivity (Wildman–Crippen MR) is 86.3 cm³/mol. The Kier molecular flexibility index (Phi) is 10.1. The van der Waals surface area contributed by atoms with E-state index >= 15 is 0 Å². The van der Waals surface area contributed by atoms with Crippen LogP contribution in [0.15, 0.2) is 24.3 Å². The first-order valence-corrected chi connectivity index (χ1v) is 7.28. The van der Waals surface area contributed by atoms with Crippen LogP contribution < -0.4 is 0 Å². The maximum absolute atomic E-state index is 2.40. The van der Waals surface area contributed by atoms with Crippen LogP contribution >= 0.6 is 0 Å². The van der Waals surface area contributed by atoms with E-state index in [2.05, 4.69) is 79.7 Å². The molecular formula is C19H30VW-2. The summed E-state index contributed by atoms with van der Waals surface area (Å²) >= 11 is 0. The van der Waals surface area contributed by atoms with Crippen LogP contribution in [0.3, 0.4) is 0 Å². The van der Waals surface area contributed by atoms with Crippen LogP contribution in [0.25, 0.3) is 0 Å². The molecule has 0 unspecified atom stereocenters. The van der Waals surface area contributed by atoms with E-state index in [1.54, 1.807) is 0 Å². The number of benzene rings is 1. The number of hydrogen-bond donors (Lipinski definition) is 0. The first-order chi connectivity index (χ1) is 8.57. The minimum Gasteiger partial charge on any atom is -0.319 e. The topological polar surface area (TPSA) is 0 Å². The standard InChI is InChI=1S/C19H30.V.W/c1-14(2)13-18(5,6)16-10-9-11-17(12-16)19(7,8)15(3)4;;/h9-12H,13H2,1-8H3;;/q-2;;. The predicted octanol–water partition coefficient (Wildman–Crippen LogP) is 5.86. The van der Waals surface area contributed by atoms with Crippen molar-refractivity contribution >= 4 is 0 Å². The monoisotopic (exact) mass is 493 g/mol. The van der Waals surface area contributed by atoms with E-state index in [9.17, 15) is 0 Å². The van der Waals surface area contributed by atoms with Gasteiger partial charge in [0.2, 0.25) is 0 Å². The zero-order valence-corrected chi connectivity index (χ0v) is 19.2. The molecule has 0 aliphatic rings. The van der Waals surface area contributed by atoms with E-state index in [1.807, 2.05) is 0 Å². The van der Waals surface area contributed by atoms with Crippen LogP contribution in [0.2, 0.25) is 0 Å². The fourth-order valence-corrected chi connectivity index (χ4v) is 2.60. The van der Waals surface area contributed by atoms with Gasteiger partial charge in [-0.25, -0.2) is 0 Å². The second kappa shape index (κ2) is 8.95. The average molecular weight is 493 g/mol. The van der Waals surface area contributed by atoms with E-state index in [1.165, 1.54) is 23.0 Å². The summed E-state index contributed by atoms with van der Waals surface area (Å²) in [6.45, 7) is 18.2. The SMILES string of the molecule is C[C-](C)CC(C)(C)c1cccc(C(C)(C)[C-](C)C)c1.[V].[W]. The van der Waals surface area contributed by atoms with Crippen LogP contribution in [-0.2, 0) is 50.5 Å². The molecule has 0 bridgehead atoms. The molecule has 0 saturated carbocycles. The molecule has 0 aliphatic heterocycles. The van der Waals surface area contributed by atoms with Gasteiger partial charge in [0.25, 0.3) is 0 Å². The van der Waals surface area contributed by atoms with Gasteiger partial charge in [0.1, 0.15) is 0 Å². The molecule has 2 heteroatoms. The van der Waals surface area contributed by atoms with E-state index in [0.717, 1.165) is 6.42 Å². The molecule has 0 aromatic heterocycles. The summed E-state index contributed by atoms with van der Waals surface area (Å²) in [5.74, 6) is 2.95. The van der Waals surface area contributed by atoms with Crippen LogP contribution in [0.1, 0.15) is 72.9 Å². The number of rotatable bonds is 5. The summed E-state index contributed by atoms with van der Waals surface area (Å²) in [5.41, 5.74) is 3.23. The molecular weight excluding hydrogens is 463 g/mol. The van der Waals surface area contributed by atoms with Gasteiger partial charge in [0.15, 0.2) is 0 Å². The molecule has 0 amide bonds. The summed E-state index contributed by atoms with van der Waals surface area (Å²) in [6.07, 6.45) is 1.14. The molecule has 1 radical (unpaired) electrons. The molecule has 0 saturated heterocycles. The molecule has 0 nitrogen and oxygen atoms in total. The van der Waals surface area contributed by atoms with Gasteiger partial charge in [0.05, 0.1) is 0 Å². The van der Waals surface area contributed by atoms with E-state index in [-0.39, 0.29) is 50.5 Å². The summed E-state index contributed by atoms with van der Waals surface area (Å²) in [7, 11) is 0. The Balaban J connectivity index is 0. The van der Waals surface area contributed by atoms with Gasteiger partial charge in [-0.1, -0.05) is 57.5 Å². The van der Waals surface area contributed by atoms with Gasteiger partial charge in [-0.3, -0.25) is 0 Å². The van der Waals surface area contributed by atoms with Gasteiger partial charge in [-0.2, -0.15) is 34.1 Å². The van der Waals surface area contributed by atoms with Crippen molar-refractivity contribution in [2.24, 2.45) is 0 Å². The van der Waals surface area contributed by atoms with Gasteiger partial charge in [-0.15, -0.1) is 5.41 Å². The van der Waals surface area contributed by atoms with Gasteiger partial charge in [0, 0.05) is 39.6 Å². The molecule has 1 rings (SSSR count). The molecule has 0 aliphatic carbocycles. The zero-order valence-electron chi connectivity index (χ0n) is 14.9. The third-order valence-electron chi connectivity index (χ3n) is 4.41. The second-order valence-electron chi connectivity index (χ2n) is 7.47. The quantitative estimate of drug-likeness (QED) is 0.452. The van der Waals surface area contributed by atoms with Crippen molar-refractivity contribution in [1.29, 1.82) is 0 Å². The molecule has 21 heavy (non-hydrogen) atoms. The van der Waals surface area contributed by atoms with Gasteiger partial charge >= 0.3 is 0 Å². The summed E-state index contributed by atoms with van der Waals surface area (Å²) in [5, 5.41) is 0. The van der Waals surface area contributed by atoms with E-state index < -0.39 is 0 Å². The Labute approximate surface area is 159 Å². The van der Waals surface area contributed by atoms with Crippen molar-refractivity contribution in [3.63, 3.8) is 0 Å². The van der Waals surface area contributed by atoms with Crippen molar-refractivity contribution in [3.05, 3.63) is 47.2 Å². The molecule has 1 aromatic carbocycles. The fraction of sp³-hybridized carbons (Fsp3) is 0.579. The fourth-order valence-electron chi connectivity index (χ4n) is 2.60. The normalized spacial score (nSPS) is 12.1. The zero-order chi connectivity index (χ0) is 14.8. The summed E-state index contributed by atoms with van der Waals surface area (Å²) < 4.78 is 0. The Hall–Kier alpha value is 0.493. The molecule has 0 spiro atoms. The largest absolute Gasteiger partial charge is 0.319 e. The van der Waals surface area contributed by atoms with Crippen molar-refractivity contribution in [3.8, 4) is 0 Å². The molecule has 0 heterocycles. The van der Waals surface area contributed by atoms with Gasteiger partial charge < -0.3 is 11.8 Å². The van der Waals surface area contributed by atoms with E-state index in [0.29, 0.717) is 0 Å². The second-order valence-corrected chi connectivity index (χ2v) is 7.47. The number of hydrogen-bond acceptors (Lipinski definition) is 0. The van der Waals surface area contributed by atoms with Crippen LogP contribution in [0.4, 0.5) is 0 Å². The Morgan fingerprint density at radius 3 is 1.81 bits per heavy atom. The summed E-state index contributed by atoms with van der Waals surface area (Å²) in [4.78, 5) is 0. The van der Waals surface area contributed by atoms with Crippen LogP contribution in [0.5, 0.6) is 0 Å². The molecule has 0 atom stereocenters. The summed E-state index contributed by atoms with van der Waals surface area (Å²) in [6, 6.07) is 9.14. The Bertz CT molecular complexity index is 419. The van der Waals surface area contributed by atoms with E-state index in [4.69, 9.17) is 0 Å². The average Bonchev–Trinajstić information content (AvgIpc) is 2.27. The van der Waals surface area contributed by atoms with Crippen molar-refractivity contribution in [1.82, 2.24) is 0 Å². The molecule has 0 fully saturated rings. The maximum Gasteiger partial charge on any atom is 0 e. The first-order valence-electron chi connectivity index (χ1n) is 7.28. The third-order valence-corrected chi connectivity index (χ3v) is 4.41. The van der Waals surface area contributed by atoms with Crippen molar-refractivity contribution in [2.75, 3.05) is 0 Å². The molecule has 0 N–H and O–H groups in total. The first kappa shape index (κ1) is 23.8. The smallest absolute Gasteiger partial charge is 0 e. The van der Waals surface area contributed by atoms with Crippen LogP contribution in [-0.4, -0.2) is 0 Å². The van der Waals surface area contributed by atoms with Crippen LogP contribution in [0, 0.1) is 11.8 Å². The minimum absolute atomic E-state index is 0. The molecule has 119 valence electrons.